The molecule has 0 heterocycles. The average Bonchev–Trinajstić information content (AvgIpc) is 2.33. The molecular weight excluding hydrogens is 241 g/mol. The zero-order valence-corrected chi connectivity index (χ0v) is 9.85. The summed E-state index contributed by atoms with van der Waals surface area (Å²) in [5, 5.41) is 11.0. The minimum atomic E-state index is -0.985. The van der Waals surface area contributed by atoms with Gasteiger partial charge in [0.2, 0.25) is 0 Å². The maximum absolute atomic E-state index is 12.8. The third-order valence-corrected chi connectivity index (χ3v) is 2.19. The Balaban J connectivity index is 2.31. The van der Waals surface area contributed by atoms with Crippen LogP contribution in [0.25, 0.3) is 0 Å². The van der Waals surface area contributed by atoms with E-state index >= 15 is 0 Å². The van der Waals surface area contributed by atoms with Gasteiger partial charge in [-0.25, -0.2) is 4.39 Å². The van der Waals surface area contributed by atoms with E-state index in [4.69, 9.17) is 9.84 Å². The SMILES string of the molecule is CC(CNC(=O)COc1cccc(F)c1)C(=O)O. The molecule has 0 fully saturated rings. The van der Waals surface area contributed by atoms with Crippen LogP contribution in [0.3, 0.4) is 0 Å². The number of aliphatic carboxylic acids is 1. The van der Waals surface area contributed by atoms with Crippen LogP contribution in [0.15, 0.2) is 24.3 Å². The lowest BCUT2D eigenvalue weighted by atomic mass is 10.2. The van der Waals surface area contributed by atoms with Crippen molar-refractivity contribution in [3.63, 3.8) is 0 Å². The smallest absolute Gasteiger partial charge is 0.308 e. The third kappa shape index (κ3) is 4.82. The van der Waals surface area contributed by atoms with Crippen molar-refractivity contribution in [1.82, 2.24) is 5.32 Å². The number of carboxylic acid groups (broad SMARTS) is 1. The van der Waals surface area contributed by atoms with Gasteiger partial charge in [0.15, 0.2) is 6.61 Å². The van der Waals surface area contributed by atoms with Crippen molar-refractivity contribution in [1.29, 1.82) is 0 Å². The highest BCUT2D eigenvalue weighted by molar-refractivity contribution is 5.78. The molecule has 2 N–H and O–H groups in total. The number of hydrogen-bond donors (Lipinski definition) is 2. The van der Waals surface area contributed by atoms with Crippen molar-refractivity contribution in [2.75, 3.05) is 13.2 Å². The number of rotatable bonds is 6. The van der Waals surface area contributed by atoms with E-state index < -0.39 is 23.6 Å². The van der Waals surface area contributed by atoms with E-state index in [1.54, 1.807) is 0 Å². The van der Waals surface area contributed by atoms with Crippen molar-refractivity contribution < 1.29 is 23.8 Å². The fraction of sp³-hybridized carbons (Fsp3) is 0.333. The molecule has 6 heteroatoms. The lowest BCUT2D eigenvalue weighted by Gasteiger charge is -2.09. The van der Waals surface area contributed by atoms with Gasteiger partial charge in [-0.2, -0.15) is 0 Å². The van der Waals surface area contributed by atoms with Crippen molar-refractivity contribution >= 4 is 11.9 Å². The highest BCUT2D eigenvalue weighted by atomic mass is 19.1. The first-order valence-corrected chi connectivity index (χ1v) is 5.37. The zero-order chi connectivity index (χ0) is 13.5. The van der Waals surface area contributed by atoms with E-state index in [1.165, 1.54) is 25.1 Å². The number of amides is 1. The number of ether oxygens (including phenoxy) is 1. The van der Waals surface area contributed by atoms with Gasteiger partial charge in [0.25, 0.3) is 5.91 Å². The fourth-order valence-electron chi connectivity index (χ4n) is 1.11. The number of nitrogens with one attached hydrogen (secondary N) is 1. The van der Waals surface area contributed by atoms with Gasteiger partial charge in [0, 0.05) is 12.6 Å². The van der Waals surface area contributed by atoms with E-state index in [0.717, 1.165) is 6.07 Å². The van der Waals surface area contributed by atoms with Gasteiger partial charge in [-0.05, 0) is 12.1 Å². The van der Waals surface area contributed by atoms with E-state index in [-0.39, 0.29) is 18.9 Å². The molecule has 0 saturated heterocycles. The molecule has 5 nitrogen and oxygen atoms in total. The molecule has 1 aromatic rings. The van der Waals surface area contributed by atoms with E-state index in [9.17, 15) is 14.0 Å². The molecular formula is C12H14FNO4. The van der Waals surface area contributed by atoms with Crippen LogP contribution in [0.4, 0.5) is 4.39 Å². The first kappa shape index (κ1) is 14.0. The largest absolute Gasteiger partial charge is 0.484 e. The normalized spacial score (nSPS) is 11.7. The standard InChI is InChI=1S/C12H14FNO4/c1-8(12(16)17)6-14-11(15)7-18-10-4-2-3-9(13)5-10/h2-5,8H,6-7H2,1H3,(H,14,15)(H,16,17). The highest BCUT2D eigenvalue weighted by Gasteiger charge is 2.12. The Morgan fingerprint density at radius 2 is 2.22 bits per heavy atom. The van der Waals surface area contributed by atoms with Crippen LogP contribution in [-0.2, 0) is 9.59 Å². The van der Waals surface area contributed by atoms with Crippen LogP contribution in [0, 0.1) is 11.7 Å². The molecule has 1 aromatic carbocycles. The maximum Gasteiger partial charge on any atom is 0.308 e. The van der Waals surface area contributed by atoms with Gasteiger partial charge in [0.1, 0.15) is 11.6 Å². The lowest BCUT2D eigenvalue weighted by molar-refractivity contribution is -0.141. The fourth-order valence-corrected chi connectivity index (χ4v) is 1.11. The molecule has 98 valence electrons. The monoisotopic (exact) mass is 255 g/mol. The second-order valence-corrected chi connectivity index (χ2v) is 3.79. The molecule has 1 amide bonds. The van der Waals surface area contributed by atoms with Crippen LogP contribution in [0.1, 0.15) is 6.92 Å². The molecule has 0 saturated carbocycles. The second-order valence-electron chi connectivity index (χ2n) is 3.79. The maximum atomic E-state index is 12.8. The summed E-state index contributed by atoms with van der Waals surface area (Å²) in [5.41, 5.74) is 0. The Bertz CT molecular complexity index is 436. The van der Waals surface area contributed by atoms with Crippen LogP contribution in [-0.4, -0.2) is 30.1 Å². The zero-order valence-electron chi connectivity index (χ0n) is 9.85. The average molecular weight is 255 g/mol. The van der Waals surface area contributed by atoms with E-state index in [1.807, 2.05) is 0 Å². The quantitative estimate of drug-likeness (QED) is 0.796. The first-order chi connectivity index (χ1) is 8.49. The Morgan fingerprint density at radius 3 is 2.83 bits per heavy atom. The number of carbonyl (C=O) groups is 2. The summed E-state index contributed by atoms with van der Waals surface area (Å²) in [6, 6.07) is 5.42. The molecule has 0 aliphatic heterocycles. The number of carbonyl (C=O) groups excluding carboxylic acids is 1. The van der Waals surface area contributed by atoms with Crippen LogP contribution < -0.4 is 10.1 Å². The van der Waals surface area contributed by atoms with Crippen LogP contribution >= 0.6 is 0 Å². The van der Waals surface area contributed by atoms with Gasteiger partial charge >= 0.3 is 5.97 Å². The molecule has 0 radical (unpaired) electrons. The minimum absolute atomic E-state index is 0.0284. The Labute approximate surface area is 104 Å². The number of hydrogen-bond acceptors (Lipinski definition) is 3. The summed E-state index contributed by atoms with van der Waals surface area (Å²) in [6.07, 6.45) is 0. The topological polar surface area (TPSA) is 75.6 Å². The van der Waals surface area contributed by atoms with Gasteiger partial charge in [-0.3, -0.25) is 9.59 Å². The highest BCUT2D eigenvalue weighted by Crippen LogP contribution is 2.11. The molecule has 0 bridgehead atoms. The number of benzene rings is 1. The molecule has 1 rings (SSSR count). The summed E-state index contributed by atoms with van der Waals surface area (Å²) in [5.74, 6) is -2.30. The number of halogens is 1. The van der Waals surface area contributed by atoms with Crippen LogP contribution in [0.5, 0.6) is 5.75 Å². The van der Waals surface area contributed by atoms with Crippen molar-refractivity contribution in [2.24, 2.45) is 5.92 Å². The first-order valence-electron chi connectivity index (χ1n) is 5.37. The molecule has 0 aliphatic rings. The Morgan fingerprint density at radius 1 is 1.50 bits per heavy atom. The minimum Gasteiger partial charge on any atom is -0.484 e. The van der Waals surface area contributed by atoms with E-state index in [2.05, 4.69) is 5.32 Å². The lowest BCUT2D eigenvalue weighted by Crippen LogP contribution is -2.34. The third-order valence-electron chi connectivity index (χ3n) is 2.19. The molecule has 0 aromatic heterocycles. The van der Waals surface area contributed by atoms with Crippen LogP contribution in [0.2, 0.25) is 0 Å². The van der Waals surface area contributed by atoms with Crippen molar-refractivity contribution in [2.45, 2.75) is 6.92 Å². The van der Waals surface area contributed by atoms with Crippen molar-refractivity contribution in [3.8, 4) is 5.75 Å². The van der Waals surface area contributed by atoms with Crippen molar-refractivity contribution in [3.05, 3.63) is 30.1 Å². The van der Waals surface area contributed by atoms with Gasteiger partial charge in [-0.15, -0.1) is 0 Å². The summed E-state index contributed by atoms with van der Waals surface area (Å²) in [6.45, 7) is 1.23. The molecule has 18 heavy (non-hydrogen) atoms. The Kier molecular flexibility index (Phi) is 5.10. The number of carboxylic acids is 1. The molecule has 0 spiro atoms. The van der Waals surface area contributed by atoms with Gasteiger partial charge < -0.3 is 15.2 Å². The van der Waals surface area contributed by atoms with Gasteiger partial charge in [-0.1, -0.05) is 13.0 Å². The molecule has 1 unspecified atom stereocenters. The predicted octanol–water partition coefficient (Wildman–Crippen LogP) is 1.04. The second kappa shape index (κ2) is 6.58. The molecule has 0 aliphatic carbocycles. The summed E-state index contributed by atoms with van der Waals surface area (Å²) >= 11 is 0. The van der Waals surface area contributed by atoms with Gasteiger partial charge in [0.05, 0.1) is 5.92 Å². The summed E-state index contributed by atoms with van der Waals surface area (Å²) in [7, 11) is 0. The molecule has 1 atom stereocenters. The Hall–Kier alpha value is -2.11. The van der Waals surface area contributed by atoms with E-state index in [0.29, 0.717) is 0 Å². The summed E-state index contributed by atoms with van der Waals surface area (Å²) < 4.78 is 17.8. The summed E-state index contributed by atoms with van der Waals surface area (Å²) in [4.78, 5) is 21.8. The predicted molar refractivity (Wildman–Crippen MR) is 61.7 cm³/mol.